The number of carbonyl (C=O) groups excluding carboxylic acids is 2. The summed E-state index contributed by atoms with van der Waals surface area (Å²) in [4.78, 5) is 22.0. The Hall–Kier alpha value is -1.84. The van der Waals surface area contributed by atoms with E-state index in [2.05, 4.69) is 12.1 Å². The number of hydrogen-bond donors (Lipinski definition) is 1. The first-order valence-electron chi connectivity index (χ1n) is 6.14. The predicted molar refractivity (Wildman–Crippen MR) is 66.7 cm³/mol. The molecule has 1 saturated carbocycles. The zero-order chi connectivity index (χ0) is 13.0. The van der Waals surface area contributed by atoms with Gasteiger partial charge in [0.05, 0.1) is 0 Å². The lowest BCUT2D eigenvalue weighted by Gasteiger charge is -2.36. The van der Waals surface area contributed by atoms with Crippen molar-refractivity contribution in [3.8, 4) is 0 Å². The Kier molecular flexibility index (Phi) is 3.65. The van der Waals surface area contributed by atoms with Crippen LogP contribution in [0.5, 0.6) is 0 Å². The fourth-order valence-electron chi connectivity index (χ4n) is 2.66. The maximum atomic E-state index is 11.4. The van der Waals surface area contributed by atoms with Crippen LogP contribution in [0.4, 0.5) is 0 Å². The van der Waals surface area contributed by atoms with E-state index in [1.807, 2.05) is 18.2 Å². The van der Waals surface area contributed by atoms with E-state index in [0.717, 1.165) is 12.8 Å². The van der Waals surface area contributed by atoms with E-state index in [4.69, 9.17) is 10.5 Å². The number of hydrogen-bond acceptors (Lipinski definition) is 3. The van der Waals surface area contributed by atoms with E-state index in [-0.39, 0.29) is 0 Å². The smallest absolute Gasteiger partial charge is 0.294 e. The van der Waals surface area contributed by atoms with Gasteiger partial charge in [0.15, 0.2) is 5.60 Å². The van der Waals surface area contributed by atoms with E-state index < -0.39 is 11.5 Å². The van der Waals surface area contributed by atoms with Crippen LogP contribution in [0.2, 0.25) is 0 Å². The molecule has 4 heteroatoms. The molecule has 1 aromatic carbocycles. The molecule has 1 aliphatic carbocycles. The van der Waals surface area contributed by atoms with Gasteiger partial charge >= 0.3 is 0 Å². The highest BCUT2D eigenvalue weighted by molar-refractivity contribution is 5.84. The molecular formula is C14H17NO3. The molecule has 1 amide bonds. The Morgan fingerprint density at radius 3 is 2.39 bits per heavy atom. The molecule has 1 aromatic rings. The third-order valence-corrected chi connectivity index (χ3v) is 3.79. The predicted octanol–water partition coefficient (Wildman–Crippen LogP) is 1.74. The second kappa shape index (κ2) is 5.21. The van der Waals surface area contributed by atoms with Crippen LogP contribution in [-0.2, 0) is 14.3 Å². The van der Waals surface area contributed by atoms with Crippen molar-refractivity contribution in [3.05, 3.63) is 35.9 Å². The molecule has 1 aliphatic rings. The molecule has 2 rings (SSSR count). The average molecular weight is 247 g/mol. The highest BCUT2D eigenvalue weighted by Crippen LogP contribution is 2.39. The van der Waals surface area contributed by atoms with Gasteiger partial charge in [-0.15, -0.1) is 0 Å². The van der Waals surface area contributed by atoms with E-state index in [1.54, 1.807) is 0 Å². The van der Waals surface area contributed by atoms with Crippen molar-refractivity contribution in [2.75, 3.05) is 0 Å². The molecule has 4 nitrogen and oxygen atoms in total. The lowest BCUT2D eigenvalue weighted by Crippen LogP contribution is -2.48. The number of ether oxygens (including phenoxy) is 1. The molecule has 0 atom stereocenters. The van der Waals surface area contributed by atoms with Crippen LogP contribution < -0.4 is 5.73 Å². The molecule has 1 fully saturated rings. The van der Waals surface area contributed by atoms with Crippen LogP contribution in [0.3, 0.4) is 0 Å². The lowest BCUT2D eigenvalue weighted by atomic mass is 9.75. The minimum atomic E-state index is -1.09. The van der Waals surface area contributed by atoms with E-state index in [1.165, 1.54) is 5.56 Å². The monoisotopic (exact) mass is 247 g/mol. The highest BCUT2D eigenvalue weighted by atomic mass is 16.5. The number of nitrogens with two attached hydrogens (primary N) is 1. The average Bonchev–Trinajstić information content (AvgIpc) is 2.41. The van der Waals surface area contributed by atoms with Gasteiger partial charge in [0.25, 0.3) is 12.4 Å². The zero-order valence-corrected chi connectivity index (χ0v) is 10.2. The van der Waals surface area contributed by atoms with Gasteiger partial charge in [-0.05, 0) is 37.2 Å². The minimum Gasteiger partial charge on any atom is -0.451 e. The summed E-state index contributed by atoms with van der Waals surface area (Å²) in [6.45, 7) is 0.327. The van der Waals surface area contributed by atoms with Gasteiger partial charge in [-0.3, -0.25) is 9.59 Å². The van der Waals surface area contributed by atoms with Crippen LogP contribution in [-0.4, -0.2) is 18.0 Å². The Labute approximate surface area is 106 Å². The van der Waals surface area contributed by atoms with Gasteiger partial charge in [0.2, 0.25) is 0 Å². The molecule has 0 spiro atoms. The molecule has 0 heterocycles. The molecule has 0 aliphatic heterocycles. The highest BCUT2D eigenvalue weighted by Gasteiger charge is 2.42. The first-order chi connectivity index (χ1) is 8.68. The molecule has 2 N–H and O–H groups in total. The van der Waals surface area contributed by atoms with Crippen molar-refractivity contribution in [2.45, 2.75) is 37.2 Å². The number of primary amides is 1. The van der Waals surface area contributed by atoms with Gasteiger partial charge in [0.1, 0.15) is 0 Å². The van der Waals surface area contributed by atoms with Crippen molar-refractivity contribution in [1.29, 1.82) is 0 Å². The largest absolute Gasteiger partial charge is 0.451 e. The van der Waals surface area contributed by atoms with Crippen molar-refractivity contribution in [3.63, 3.8) is 0 Å². The molecule has 0 bridgehead atoms. The summed E-state index contributed by atoms with van der Waals surface area (Å²) in [5, 5.41) is 0. The summed E-state index contributed by atoms with van der Waals surface area (Å²) in [6, 6.07) is 10.2. The summed E-state index contributed by atoms with van der Waals surface area (Å²) in [5.74, 6) is -0.130. The summed E-state index contributed by atoms with van der Waals surface area (Å²) in [7, 11) is 0. The summed E-state index contributed by atoms with van der Waals surface area (Å²) < 4.78 is 4.96. The number of rotatable bonds is 4. The Morgan fingerprint density at radius 1 is 1.28 bits per heavy atom. The van der Waals surface area contributed by atoms with E-state index >= 15 is 0 Å². The number of carbonyl (C=O) groups is 2. The van der Waals surface area contributed by atoms with Crippen LogP contribution in [0.15, 0.2) is 30.3 Å². The first kappa shape index (κ1) is 12.6. The Morgan fingerprint density at radius 2 is 1.89 bits per heavy atom. The normalized spacial score (nSPS) is 27.4. The fourth-order valence-corrected chi connectivity index (χ4v) is 2.66. The van der Waals surface area contributed by atoms with Crippen LogP contribution >= 0.6 is 0 Å². The fraction of sp³-hybridized carbons (Fsp3) is 0.429. The number of amides is 1. The third-order valence-electron chi connectivity index (χ3n) is 3.79. The van der Waals surface area contributed by atoms with Crippen LogP contribution in [0.1, 0.15) is 37.2 Å². The van der Waals surface area contributed by atoms with Gasteiger partial charge in [0, 0.05) is 0 Å². The van der Waals surface area contributed by atoms with Crippen molar-refractivity contribution in [2.24, 2.45) is 5.73 Å². The zero-order valence-electron chi connectivity index (χ0n) is 10.2. The SMILES string of the molecule is NC(=O)C1(OC=O)CCC(c2ccccc2)CC1. The topological polar surface area (TPSA) is 69.4 Å². The third kappa shape index (κ3) is 2.37. The van der Waals surface area contributed by atoms with Gasteiger partial charge in [-0.1, -0.05) is 30.3 Å². The molecule has 0 unspecified atom stereocenters. The maximum absolute atomic E-state index is 11.4. The maximum Gasteiger partial charge on any atom is 0.294 e. The molecule has 0 saturated heterocycles. The quantitative estimate of drug-likeness (QED) is 0.824. The molecule has 0 aromatic heterocycles. The molecular weight excluding hydrogens is 230 g/mol. The molecule has 96 valence electrons. The summed E-state index contributed by atoms with van der Waals surface area (Å²) >= 11 is 0. The second-order valence-electron chi connectivity index (χ2n) is 4.76. The summed E-state index contributed by atoms with van der Waals surface area (Å²) in [5.41, 5.74) is 5.52. The van der Waals surface area contributed by atoms with Crippen molar-refractivity contribution in [1.82, 2.24) is 0 Å². The van der Waals surface area contributed by atoms with Crippen LogP contribution in [0.25, 0.3) is 0 Å². The van der Waals surface area contributed by atoms with Crippen molar-refractivity contribution < 1.29 is 14.3 Å². The Bertz CT molecular complexity index is 422. The molecule has 0 radical (unpaired) electrons. The second-order valence-corrected chi connectivity index (χ2v) is 4.76. The minimum absolute atomic E-state index is 0.327. The van der Waals surface area contributed by atoms with Gasteiger partial charge < -0.3 is 10.5 Å². The summed E-state index contributed by atoms with van der Waals surface area (Å²) in [6.07, 6.45) is 2.61. The van der Waals surface area contributed by atoms with E-state index in [0.29, 0.717) is 25.2 Å². The molecule has 18 heavy (non-hydrogen) atoms. The van der Waals surface area contributed by atoms with Crippen molar-refractivity contribution >= 4 is 12.4 Å². The number of benzene rings is 1. The Balaban J connectivity index is 2.07. The van der Waals surface area contributed by atoms with Gasteiger partial charge in [-0.25, -0.2) is 0 Å². The first-order valence-corrected chi connectivity index (χ1v) is 6.14. The lowest BCUT2D eigenvalue weighted by molar-refractivity contribution is -0.160. The van der Waals surface area contributed by atoms with Crippen LogP contribution in [0, 0.1) is 0 Å². The standard InChI is InChI=1S/C14H17NO3/c15-13(17)14(18-10-16)8-6-12(7-9-14)11-4-2-1-3-5-11/h1-5,10,12H,6-9H2,(H2,15,17). The van der Waals surface area contributed by atoms with E-state index in [9.17, 15) is 9.59 Å². The van der Waals surface area contributed by atoms with Gasteiger partial charge in [-0.2, -0.15) is 0 Å².